The summed E-state index contributed by atoms with van der Waals surface area (Å²) in [6, 6.07) is 17.3. The van der Waals surface area contributed by atoms with Crippen molar-refractivity contribution >= 4 is 11.9 Å². The lowest BCUT2D eigenvalue weighted by Gasteiger charge is -2.36. The van der Waals surface area contributed by atoms with Gasteiger partial charge in [0.15, 0.2) is 5.69 Å². The Morgan fingerprint density at radius 2 is 1.64 bits per heavy atom. The number of carbonyl (C=O) groups is 2. The van der Waals surface area contributed by atoms with E-state index in [-0.39, 0.29) is 25.6 Å². The molecule has 1 aliphatic rings. The van der Waals surface area contributed by atoms with E-state index in [1.165, 1.54) is 4.90 Å². The maximum Gasteiger partial charge on any atom is 0.435 e. The second-order valence-electron chi connectivity index (χ2n) is 8.48. The SMILES string of the molecule is O=C(NCCNC(=O)N1CCC(c2ccccc2)C(O)C1)c1cn(-c2ccccc2)nc1C(F)(F)F. The molecule has 1 aromatic heterocycles. The van der Waals surface area contributed by atoms with Gasteiger partial charge in [-0.1, -0.05) is 48.5 Å². The highest BCUT2D eigenvalue weighted by atomic mass is 19.4. The number of hydrogen-bond donors (Lipinski definition) is 3. The average Bonchev–Trinajstić information content (AvgIpc) is 3.34. The number of β-amino-alcohol motifs (C(OH)–C–C–N with tert-alkyl or cyclic N) is 1. The van der Waals surface area contributed by atoms with Crippen LogP contribution in [0.5, 0.6) is 0 Å². The first-order valence-corrected chi connectivity index (χ1v) is 11.5. The fraction of sp³-hybridized carbons (Fsp3) is 0.320. The molecular formula is C25H26F3N5O3. The molecule has 2 heterocycles. The molecule has 2 atom stereocenters. The van der Waals surface area contributed by atoms with E-state index >= 15 is 0 Å². The molecular weight excluding hydrogens is 475 g/mol. The molecule has 1 aliphatic heterocycles. The molecule has 1 saturated heterocycles. The van der Waals surface area contributed by atoms with Gasteiger partial charge in [0.05, 0.1) is 17.4 Å². The third-order valence-corrected chi connectivity index (χ3v) is 6.03. The summed E-state index contributed by atoms with van der Waals surface area (Å²) in [4.78, 5) is 26.5. The number of amides is 3. The molecule has 11 heteroatoms. The van der Waals surface area contributed by atoms with Gasteiger partial charge in [-0.3, -0.25) is 4.79 Å². The van der Waals surface area contributed by atoms with Crippen molar-refractivity contribution in [2.45, 2.75) is 24.6 Å². The first kappa shape index (κ1) is 25.2. The number of urea groups is 1. The van der Waals surface area contributed by atoms with Gasteiger partial charge < -0.3 is 20.6 Å². The van der Waals surface area contributed by atoms with Gasteiger partial charge in [-0.15, -0.1) is 0 Å². The molecule has 3 N–H and O–H groups in total. The van der Waals surface area contributed by atoms with E-state index in [1.807, 2.05) is 30.3 Å². The lowest BCUT2D eigenvalue weighted by Crippen LogP contribution is -2.50. The molecule has 1 fully saturated rings. The maximum absolute atomic E-state index is 13.5. The number of nitrogens with zero attached hydrogens (tertiary/aromatic N) is 3. The zero-order chi connectivity index (χ0) is 25.7. The third-order valence-electron chi connectivity index (χ3n) is 6.03. The van der Waals surface area contributed by atoms with Crippen LogP contribution in [-0.2, 0) is 6.18 Å². The van der Waals surface area contributed by atoms with Crippen molar-refractivity contribution in [3.8, 4) is 5.69 Å². The standard InChI is InChI=1S/C25H26F3N5O3/c26-25(27,28)22-20(15-33(31-22)18-9-5-2-6-10-18)23(35)29-12-13-30-24(36)32-14-11-19(21(34)16-32)17-7-3-1-4-8-17/h1-10,15,19,21,34H,11-14,16H2,(H,29,35)(H,30,36). The zero-order valence-corrected chi connectivity index (χ0v) is 19.3. The fourth-order valence-corrected chi connectivity index (χ4v) is 4.22. The summed E-state index contributed by atoms with van der Waals surface area (Å²) in [5, 5.41) is 19.1. The van der Waals surface area contributed by atoms with Crippen LogP contribution in [0.4, 0.5) is 18.0 Å². The number of aliphatic hydroxyl groups excluding tert-OH is 1. The Hall–Kier alpha value is -3.86. The molecule has 2 unspecified atom stereocenters. The summed E-state index contributed by atoms with van der Waals surface area (Å²) >= 11 is 0. The number of carbonyl (C=O) groups excluding carboxylic acids is 2. The highest BCUT2D eigenvalue weighted by molar-refractivity contribution is 5.95. The number of alkyl halides is 3. The summed E-state index contributed by atoms with van der Waals surface area (Å²) < 4.78 is 41.4. The van der Waals surface area contributed by atoms with E-state index in [9.17, 15) is 27.9 Å². The molecule has 190 valence electrons. The number of benzene rings is 2. The molecule has 0 radical (unpaired) electrons. The van der Waals surface area contributed by atoms with E-state index in [0.29, 0.717) is 18.7 Å². The van der Waals surface area contributed by atoms with Crippen molar-refractivity contribution in [3.63, 3.8) is 0 Å². The Bertz CT molecular complexity index is 1180. The molecule has 0 bridgehead atoms. The first-order valence-electron chi connectivity index (χ1n) is 11.5. The van der Waals surface area contributed by atoms with Crippen molar-refractivity contribution in [1.29, 1.82) is 0 Å². The van der Waals surface area contributed by atoms with Crippen molar-refractivity contribution in [2.24, 2.45) is 0 Å². The Morgan fingerprint density at radius 1 is 1.00 bits per heavy atom. The number of para-hydroxylation sites is 1. The van der Waals surface area contributed by atoms with Gasteiger partial charge in [0.25, 0.3) is 5.91 Å². The van der Waals surface area contributed by atoms with E-state index in [0.717, 1.165) is 16.4 Å². The van der Waals surface area contributed by atoms with Crippen LogP contribution < -0.4 is 10.6 Å². The van der Waals surface area contributed by atoms with Gasteiger partial charge in [0, 0.05) is 38.3 Å². The summed E-state index contributed by atoms with van der Waals surface area (Å²) in [6.07, 6.45) is -3.90. The molecule has 3 amide bonds. The van der Waals surface area contributed by atoms with Crippen molar-refractivity contribution < 1.29 is 27.9 Å². The number of aromatic nitrogens is 2. The number of nitrogens with one attached hydrogen (secondary N) is 2. The van der Waals surface area contributed by atoms with Gasteiger partial charge in [-0.05, 0) is 24.1 Å². The number of rotatable bonds is 6. The summed E-state index contributed by atoms with van der Waals surface area (Å²) in [5.41, 5.74) is -0.499. The molecule has 3 aromatic rings. The van der Waals surface area contributed by atoms with Crippen molar-refractivity contribution in [3.05, 3.63) is 83.7 Å². The number of piperidine rings is 1. The molecule has 0 saturated carbocycles. The smallest absolute Gasteiger partial charge is 0.391 e. The van der Waals surface area contributed by atoms with Crippen LogP contribution in [0.1, 0.15) is 34.0 Å². The third kappa shape index (κ3) is 5.85. The van der Waals surface area contributed by atoms with Gasteiger partial charge >= 0.3 is 12.2 Å². The lowest BCUT2D eigenvalue weighted by atomic mass is 9.87. The predicted octanol–water partition coefficient (Wildman–Crippen LogP) is 3.18. The second-order valence-corrected chi connectivity index (χ2v) is 8.48. The molecule has 2 aromatic carbocycles. The van der Waals surface area contributed by atoms with Gasteiger partial charge in [0.2, 0.25) is 0 Å². The quantitative estimate of drug-likeness (QED) is 0.452. The zero-order valence-electron chi connectivity index (χ0n) is 19.3. The maximum atomic E-state index is 13.5. The summed E-state index contributed by atoms with van der Waals surface area (Å²) in [5.74, 6) is -1.01. The summed E-state index contributed by atoms with van der Waals surface area (Å²) in [7, 11) is 0. The lowest BCUT2D eigenvalue weighted by molar-refractivity contribution is -0.141. The monoisotopic (exact) mass is 501 g/mol. The Labute approximate surface area is 205 Å². The minimum atomic E-state index is -4.81. The second kappa shape index (κ2) is 10.8. The Balaban J connectivity index is 1.29. The predicted molar refractivity (Wildman–Crippen MR) is 126 cm³/mol. The normalized spacial score (nSPS) is 18.1. The van der Waals surface area contributed by atoms with E-state index in [4.69, 9.17) is 0 Å². The molecule has 0 aliphatic carbocycles. The van der Waals surface area contributed by atoms with Gasteiger partial charge in [-0.2, -0.15) is 18.3 Å². The number of hydrogen-bond acceptors (Lipinski definition) is 4. The number of halogens is 3. The van der Waals surface area contributed by atoms with Crippen LogP contribution in [-0.4, -0.2) is 64.0 Å². The fourth-order valence-electron chi connectivity index (χ4n) is 4.22. The minimum absolute atomic E-state index is 0.00740. The van der Waals surface area contributed by atoms with E-state index in [2.05, 4.69) is 15.7 Å². The van der Waals surface area contributed by atoms with Crippen molar-refractivity contribution in [2.75, 3.05) is 26.2 Å². The Morgan fingerprint density at radius 3 is 2.28 bits per heavy atom. The molecule has 0 spiro atoms. The largest absolute Gasteiger partial charge is 0.435 e. The Kier molecular flexibility index (Phi) is 7.58. The van der Waals surface area contributed by atoms with Gasteiger partial charge in [0.1, 0.15) is 0 Å². The molecule has 36 heavy (non-hydrogen) atoms. The van der Waals surface area contributed by atoms with Crippen molar-refractivity contribution in [1.82, 2.24) is 25.3 Å². The van der Waals surface area contributed by atoms with Crippen LogP contribution in [0.25, 0.3) is 5.69 Å². The van der Waals surface area contributed by atoms with Crippen LogP contribution in [0.2, 0.25) is 0 Å². The number of likely N-dealkylation sites (tertiary alicyclic amines) is 1. The highest BCUT2D eigenvalue weighted by Crippen LogP contribution is 2.31. The topological polar surface area (TPSA) is 99.5 Å². The van der Waals surface area contributed by atoms with E-state index in [1.54, 1.807) is 30.3 Å². The van der Waals surface area contributed by atoms with Crippen LogP contribution >= 0.6 is 0 Å². The van der Waals surface area contributed by atoms with Crippen LogP contribution in [0.15, 0.2) is 66.9 Å². The molecule has 4 rings (SSSR count). The van der Waals surface area contributed by atoms with Crippen LogP contribution in [0, 0.1) is 0 Å². The van der Waals surface area contributed by atoms with Gasteiger partial charge in [-0.25, -0.2) is 9.48 Å². The van der Waals surface area contributed by atoms with E-state index < -0.39 is 35.5 Å². The average molecular weight is 502 g/mol. The number of aliphatic hydroxyl groups is 1. The highest BCUT2D eigenvalue weighted by Gasteiger charge is 2.39. The first-order chi connectivity index (χ1) is 17.2. The minimum Gasteiger partial charge on any atom is -0.391 e. The van der Waals surface area contributed by atoms with Crippen LogP contribution in [0.3, 0.4) is 0 Å². The molecule has 8 nitrogen and oxygen atoms in total. The summed E-state index contributed by atoms with van der Waals surface area (Å²) in [6.45, 7) is 0.530.